The third kappa shape index (κ3) is 6.34. The van der Waals surface area contributed by atoms with E-state index in [2.05, 4.69) is 26.2 Å². The van der Waals surface area contributed by atoms with Gasteiger partial charge in [-0.2, -0.15) is 10.2 Å². The first-order valence-electron chi connectivity index (χ1n) is 10.9. The summed E-state index contributed by atoms with van der Waals surface area (Å²) in [4.78, 5) is 12.4. The van der Waals surface area contributed by atoms with Crippen molar-refractivity contribution in [3.8, 4) is 34.7 Å². The van der Waals surface area contributed by atoms with E-state index in [4.69, 9.17) is 19.8 Å². The molecule has 3 aromatic heterocycles. The molecule has 35 heavy (non-hydrogen) atoms. The van der Waals surface area contributed by atoms with Crippen LogP contribution in [0.2, 0.25) is 0 Å². The second-order valence-corrected chi connectivity index (χ2v) is 7.93. The number of hydrogen-bond acceptors (Lipinski definition) is 9. The quantitative estimate of drug-likeness (QED) is 0.392. The lowest BCUT2D eigenvalue weighted by Gasteiger charge is -2.11. The fraction of sp³-hybridized carbons (Fsp3) is 0.231. The Balaban J connectivity index is 0.000000261. The minimum Gasteiger partial charge on any atom is -0.490 e. The van der Waals surface area contributed by atoms with E-state index in [-0.39, 0.29) is 18.4 Å². The van der Waals surface area contributed by atoms with Crippen molar-refractivity contribution in [2.45, 2.75) is 33.8 Å². The standard InChI is InChI=1S/C18H16N4O2.C8H10N2O/c1-11(2)23-16-5-4-13(8-14(16)9-19)18-21-17(22-24-18)15-6-7-20-10-12(15)3;1-6-4-10-3-2-7(6)8(9)5-11/h4-8,10-11H,1-3H3;2-4,9,11H,5H2,1H3. The van der Waals surface area contributed by atoms with Crippen LogP contribution in [-0.4, -0.2) is 43.6 Å². The van der Waals surface area contributed by atoms with Crippen LogP contribution in [0.25, 0.3) is 22.8 Å². The van der Waals surface area contributed by atoms with Crippen molar-refractivity contribution in [1.29, 1.82) is 10.7 Å². The van der Waals surface area contributed by atoms with Crippen LogP contribution in [0.4, 0.5) is 0 Å². The average molecular weight is 471 g/mol. The summed E-state index contributed by atoms with van der Waals surface area (Å²) < 4.78 is 11.0. The molecule has 0 aliphatic rings. The number of aryl methyl sites for hydroxylation is 2. The Morgan fingerprint density at radius 2 is 1.83 bits per heavy atom. The number of aliphatic hydroxyl groups excluding tert-OH is 1. The van der Waals surface area contributed by atoms with Gasteiger partial charge in [0, 0.05) is 41.5 Å². The maximum atomic E-state index is 9.32. The largest absolute Gasteiger partial charge is 0.490 e. The Morgan fingerprint density at radius 1 is 1.11 bits per heavy atom. The molecule has 0 amide bonds. The van der Waals surface area contributed by atoms with E-state index in [0.29, 0.717) is 28.6 Å². The maximum absolute atomic E-state index is 9.32. The van der Waals surface area contributed by atoms with E-state index in [1.165, 1.54) is 0 Å². The number of aliphatic hydroxyl groups is 1. The van der Waals surface area contributed by atoms with E-state index in [0.717, 1.165) is 22.3 Å². The molecule has 9 nitrogen and oxygen atoms in total. The molecule has 0 atom stereocenters. The zero-order valence-electron chi connectivity index (χ0n) is 20.0. The van der Waals surface area contributed by atoms with Gasteiger partial charge in [0.05, 0.1) is 24.0 Å². The zero-order chi connectivity index (χ0) is 25.4. The number of nitrogens with one attached hydrogen (secondary N) is 1. The number of pyridine rings is 2. The highest BCUT2D eigenvalue weighted by molar-refractivity contribution is 6.00. The smallest absolute Gasteiger partial charge is 0.258 e. The molecule has 9 heteroatoms. The molecular weight excluding hydrogens is 444 g/mol. The van der Waals surface area contributed by atoms with Crippen molar-refractivity contribution in [3.05, 3.63) is 77.4 Å². The van der Waals surface area contributed by atoms with Gasteiger partial charge in [-0.25, -0.2) is 0 Å². The number of nitriles is 1. The van der Waals surface area contributed by atoms with E-state index in [1.54, 1.807) is 49.1 Å². The minimum absolute atomic E-state index is 0.00683. The fourth-order valence-corrected chi connectivity index (χ4v) is 3.18. The van der Waals surface area contributed by atoms with Crippen LogP contribution >= 0.6 is 0 Å². The molecule has 3 heterocycles. The summed E-state index contributed by atoms with van der Waals surface area (Å²) >= 11 is 0. The lowest BCUT2D eigenvalue weighted by atomic mass is 10.1. The average Bonchev–Trinajstić information content (AvgIpc) is 3.34. The van der Waals surface area contributed by atoms with Gasteiger partial charge in [-0.1, -0.05) is 5.16 Å². The highest BCUT2D eigenvalue weighted by atomic mass is 16.5. The monoisotopic (exact) mass is 470 g/mol. The van der Waals surface area contributed by atoms with Gasteiger partial charge in [-0.15, -0.1) is 0 Å². The van der Waals surface area contributed by atoms with Crippen LogP contribution in [0.1, 0.15) is 36.1 Å². The molecule has 178 valence electrons. The van der Waals surface area contributed by atoms with Crippen molar-refractivity contribution >= 4 is 5.71 Å². The predicted octanol–water partition coefficient (Wildman–Crippen LogP) is 4.52. The van der Waals surface area contributed by atoms with Crippen molar-refractivity contribution in [2.24, 2.45) is 0 Å². The second kappa shape index (κ2) is 11.6. The van der Waals surface area contributed by atoms with Gasteiger partial charge >= 0.3 is 0 Å². The van der Waals surface area contributed by atoms with Gasteiger partial charge < -0.3 is 19.8 Å². The summed E-state index contributed by atoms with van der Waals surface area (Å²) in [5.41, 5.74) is 4.86. The Labute approximate surface area is 203 Å². The molecule has 2 N–H and O–H groups in total. The highest BCUT2D eigenvalue weighted by Crippen LogP contribution is 2.28. The van der Waals surface area contributed by atoms with Gasteiger partial charge in [0.2, 0.25) is 5.82 Å². The number of benzene rings is 1. The van der Waals surface area contributed by atoms with Crippen LogP contribution in [0.3, 0.4) is 0 Å². The van der Waals surface area contributed by atoms with Crippen molar-refractivity contribution in [3.63, 3.8) is 0 Å². The Morgan fingerprint density at radius 3 is 2.46 bits per heavy atom. The van der Waals surface area contributed by atoms with Gasteiger partial charge in [-0.3, -0.25) is 9.97 Å². The van der Waals surface area contributed by atoms with Crippen LogP contribution in [0.15, 0.2) is 59.6 Å². The van der Waals surface area contributed by atoms with E-state index in [9.17, 15) is 5.26 Å². The van der Waals surface area contributed by atoms with Crippen LogP contribution in [-0.2, 0) is 0 Å². The SMILES string of the molecule is Cc1cnccc1-c1noc(-c2ccc(OC(C)C)c(C#N)c2)n1.Cc1cnccc1C(=N)CO. The minimum atomic E-state index is -0.217. The first-order chi connectivity index (χ1) is 16.8. The number of rotatable bonds is 6. The predicted molar refractivity (Wildman–Crippen MR) is 131 cm³/mol. The molecule has 1 aromatic carbocycles. The number of aromatic nitrogens is 4. The zero-order valence-corrected chi connectivity index (χ0v) is 20.0. The van der Waals surface area contributed by atoms with Crippen LogP contribution in [0, 0.1) is 30.6 Å². The van der Waals surface area contributed by atoms with E-state index < -0.39 is 0 Å². The topological polar surface area (TPSA) is 142 Å². The second-order valence-electron chi connectivity index (χ2n) is 7.93. The van der Waals surface area contributed by atoms with Gasteiger partial charge in [0.1, 0.15) is 11.8 Å². The van der Waals surface area contributed by atoms with Crippen LogP contribution in [0.5, 0.6) is 5.75 Å². The van der Waals surface area contributed by atoms with E-state index >= 15 is 0 Å². The molecule has 0 saturated carbocycles. The first-order valence-corrected chi connectivity index (χ1v) is 10.9. The Kier molecular flexibility index (Phi) is 8.38. The summed E-state index contributed by atoms with van der Waals surface area (Å²) in [5, 5.41) is 29.3. The molecule has 0 spiro atoms. The molecule has 0 aliphatic carbocycles. The molecule has 0 aliphatic heterocycles. The molecule has 0 unspecified atom stereocenters. The normalized spacial score (nSPS) is 10.3. The summed E-state index contributed by atoms with van der Waals surface area (Å²) in [6.45, 7) is 7.41. The lowest BCUT2D eigenvalue weighted by molar-refractivity contribution is 0.241. The summed E-state index contributed by atoms with van der Waals surface area (Å²) in [6, 6.07) is 10.9. The van der Waals surface area contributed by atoms with Gasteiger partial charge in [0.15, 0.2) is 0 Å². The van der Waals surface area contributed by atoms with Gasteiger partial charge in [-0.05, 0) is 69.2 Å². The molecule has 4 aromatic rings. The third-order valence-electron chi connectivity index (χ3n) is 4.90. The summed E-state index contributed by atoms with van der Waals surface area (Å²) in [6.07, 6.45) is 6.72. The molecule has 0 fully saturated rings. The van der Waals surface area contributed by atoms with Gasteiger partial charge in [0.25, 0.3) is 5.89 Å². The van der Waals surface area contributed by atoms with E-state index in [1.807, 2.05) is 33.8 Å². The summed E-state index contributed by atoms with van der Waals surface area (Å²) in [5.74, 6) is 1.39. The summed E-state index contributed by atoms with van der Waals surface area (Å²) in [7, 11) is 0. The van der Waals surface area contributed by atoms with Crippen molar-refractivity contribution in [2.75, 3.05) is 6.61 Å². The van der Waals surface area contributed by atoms with Crippen LogP contribution < -0.4 is 4.74 Å². The first kappa shape index (κ1) is 25.2. The maximum Gasteiger partial charge on any atom is 0.258 e. The third-order valence-corrected chi connectivity index (χ3v) is 4.90. The number of nitrogens with zero attached hydrogens (tertiary/aromatic N) is 5. The molecule has 0 bridgehead atoms. The van der Waals surface area contributed by atoms with Crippen molar-refractivity contribution in [1.82, 2.24) is 20.1 Å². The number of ether oxygens (including phenoxy) is 1. The highest BCUT2D eigenvalue weighted by Gasteiger charge is 2.15. The molecule has 0 saturated heterocycles. The Hall–Kier alpha value is -4.42. The Bertz CT molecular complexity index is 1360. The number of hydrogen-bond donors (Lipinski definition) is 2. The molecule has 0 radical (unpaired) electrons. The lowest BCUT2D eigenvalue weighted by Crippen LogP contribution is -2.06. The van der Waals surface area contributed by atoms with Crippen molar-refractivity contribution < 1.29 is 14.4 Å². The molecule has 4 rings (SSSR count). The molecular formula is C26H26N6O3. The fourth-order valence-electron chi connectivity index (χ4n) is 3.18.